The number of ether oxygens (including phenoxy) is 2. The van der Waals surface area contributed by atoms with Crippen molar-refractivity contribution in [3.63, 3.8) is 0 Å². The molecule has 1 saturated carbocycles. The van der Waals surface area contributed by atoms with Crippen molar-refractivity contribution in [2.24, 2.45) is 0 Å². The van der Waals surface area contributed by atoms with E-state index in [9.17, 15) is 4.79 Å². The summed E-state index contributed by atoms with van der Waals surface area (Å²) in [5, 5.41) is 5.81. The molecule has 0 aliphatic heterocycles. The summed E-state index contributed by atoms with van der Waals surface area (Å²) in [7, 11) is 0. The van der Waals surface area contributed by atoms with E-state index in [0.717, 1.165) is 29.5 Å². The molecule has 2 N–H and O–H groups in total. The van der Waals surface area contributed by atoms with E-state index in [0.29, 0.717) is 25.6 Å². The minimum atomic E-state index is -0.220. The molecule has 2 amide bonds. The van der Waals surface area contributed by atoms with Crippen LogP contribution in [0, 0.1) is 0 Å². The Kier molecular flexibility index (Phi) is 7.69. The number of hydrogen-bond acceptors (Lipinski definition) is 4. The Balaban J connectivity index is 1.46. The van der Waals surface area contributed by atoms with Crippen LogP contribution in [0.15, 0.2) is 42.6 Å². The fourth-order valence-electron chi connectivity index (χ4n) is 3.38. The van der Waals surface area contributed by atoms with Crippen molar-refractivity contribution in [2.45, 2.75) is 77.9 Å². The molecule has 0 unspecified atom stereocenters. The number of aromatic nitrogens is 1. The average molecular weight is 412 g/mol. The molecule has 1 heterocycles. The molecule has 1 fully saturated rings. The Morgan fingerprint density at radius 2 is 1.80 bits per heavy atom. The van der Waals surface area contributed by atoms with Crippen molar-refractivity contribution >= 4 is 6.03 Å². The lowest BCUT2D eigenvalue weighted by Gasteiger charge is -2.19. The van der Waals surface area contributed by atoms with Gasteiger partial charge in [-0.2, -0.15) is 0 Å². The van der Waals surface area contributed by atoms with E-state index in [1.165, 1.54) is 12.8 Å². The van der Waals surface area contributed by atoms with Gasteiger partial charge < -0.3 is 20.1 Å². The van der Waals surface area contributed by atoms with Gasteiger partial charge in [-0.15, -0.1) is 0 Å². The fraction of sp³-hybridized carbons (Fsp3) is 0.500. The molecule has 0 bridgehead atoms. The number of hydrogen-bond donors (Lipinski definition) is 2. The smallest absolute Gasteiger partial charge is 0.315 e. The number of urea groups is 1. The molecule has 1 aromatic heterocycles. The van der Waals surface area contributed by atoms with Gasteiger partial charge in [0.05, 0.1) is 12.2 Å². The third-order valence-electron chi connectivity index (χ3n) is 4.99. The number of rotatable bonds is 8. The molecular formula is C24H33N3O3. The molecule has 1 aliphatic carbocycles. The first-order chi connectivity index (χ1) is 14.4. The first-order valence-corrected chi connectivity index (χ1v) is 10.7. The maximum absolute atomic E-state index is 12.3. The van der Waals surface area contributed by atoms with E-state index in [1.54, 1.807) is 6.20 Å². The highest BCUT2D eigenvalue weighted by atomic mass is 16.5. The Bertz CT molecular complexity index is 826. The van der Waals surface area contributed by atoms with E-state index in [-0.39, 0.29) is 17.7 Å². The largest absolute Gasteiger partial charge is 0.474 e. The third kappa shape index (κ3) is 7.34. The highest BCUT2D eigenvalue weighted by molar-refractivity contribution is 5.73. The molecule has 0 radical (unpaired) electrons. The monoisotopic (exact) mass is 411 g/mol. The maximum atomic E-state index is 12.3. The molecule has 30 heavy (non-hydrogen) atoms. The lowest BCUT2D eigenvalue weighted by molar-refractivity contribution is -0.0149. The number of nitrogens with one attached hydrogen (secondary N) is 2. The van der Waals surface area contributed by atoms with Gasteiger partial charge in [-0.3, -0.25) is 0 Å². The molecule has 2 aromatic rings. The number of amides is 2. The minimum absolute atomic E-state index is 0.180. The molecule has 6 nitrogen and oxygen atoms in total. The molecule has 1 aliphatic rings. The van der Waals surface area contributed by atoms with Crippen molar-refractivity contribution in [3.05, 3.63) is 59.3 Å². The summed E-state index contributed by atoms with van der Waals surface area (Å²) in [6.07, 6.45) is 6.52. The number of pyridine rings is 1. The molecule has 3 rings (SSSR count). The quantitative estimate of drug-likeness (QED) is 0.659. The van der Waals surface area contributed by atoms with Crippen LogP contribution in [-0.2, 0) is 24.4 Å². The van der Waals surface area contributed by atoms with Crippen molar-refractivity contribution in [1.29, 1.82) is 0 Å². The lowest BCUT2D eigenvalue weighted by atomic mass is 10.1. The van der Waals surface area contributed by atoms with Crippen LogP contribution in [0.5, 0.6) is 5.88 Å². The second-order valence-corrected chi connectivity index (χ2v) is 8.75. The van der Waals surface area contributed by atoms with Crippen molar-refractivity contribution in [3.8, 4) is 5.88 Å². The van der Waals surface area contributed by atoms with Gasteiger partial charge in [-0.1, -0.05) is 30.3 Å². The predicted molar refractivity (Wildman–Crippen MR) is 117 cm³/mol. The SMILES string of the molecule is CC(C)(C)OCc1cccc(CNC(=O)NCc2cccnc2OC2CCCC2)c1. The summed E-state index contributed by atoms with van der Waals surface area (Å²) in [6, 6.07) is 11.7. The zero-order valence-electron chi connectivity index (χ0n) is 18.2. The van der Waals surface area contributed by atoms with Crippen LogP contribution in [0.3, 0.4) is 0 Å². The van der Waals surface area contributed by atoms with Crippen LogP contribution in [0.2, 0.25) is 0 Å². The van der Waals surface area contributed by atoms with Crippen molar-refractivity contribution < 1.29 is 14.3 Å². The first-order valence-electron chi connectivity index (χ1n) is 10.7. The molecule has 0 atom stereocenters. The molecular weight excluding hydrogens is 378 g/mol. The van der Waals surface area contributed by atoms with Gasteiger partial charge in [0.2, 0.25) is 5.88 Å². The Morgan fingerprint density at radius 1 is 1.07 bits per heavy atom. The predicted octanol–water partition coefficient (Wildman–Crippen LogP) is 4.72. The van der Waals surface area contributed by atoms with Crippen molar-refractivity contribution in [1.82, 2.24) is 15.6 Å². The molecule has 162 valence electrons. The van der Waals surface area contributed by atoms with Crippen LogP contribution in [0.25, 0.3) is 0 Å². The number of benzene rings is 1. The highest BCUT2D eigenvalue weighted by Gasteiger charge is 2.18. The Labute approximate surface area is 179 Å². The highest BCUT2D eigenvalue weighted by Crippen LogP contribution is 2.24. The normalized spacial score (nSPS) is 14.5. The van der Waals surface area contributed by atoms with E-state index >= 15 is 0 Å². The number of carbonyl (C=O) groups is 1. The summed E-state index contributed by atoms with van der Waals surface area (Å²) in [6.45, 7) is 7.49. The van der Waals surface area contributed by atoms with E-state index < -0.39 is 0 Å². The first kappa shape index (κ1) is 22.1. The summed E-state index contributed by atoms with van der Waals surface area (Å²) in [4.78, 5) is 16.6. The minimum Gasteiger partial charge on any atom is -0.474 e. The second-order valence-electron chi connectivity index (χ2n) is 8.75. The zero-order chi connectivity index (χ0) is 21.4. The van der Waals surface area contributed by atoms with Gasteiger partial charge in [-0.25, -0.2) is 9.78 Å². The number of nitrogens with zero attached hydrogens (tertiary/aromatic N) is 1. The van der Waals surface area contributed by atoms with Crippen LogP contribution in [0.1, 0.15) is 63.1 Å². The number of carbonyl (C=O) groups excluding carboxylic acids is 1. The molecule has 1 aromatic carbocycles. The van der Waals surface area contributed by atoms with Gasteiger partial charge in [0.25, 0.3) is 0 Å². The Hall–Kier alpha value is -2.60. The third-order valence-corrected chi connectivity index (χ3v) is 4.99. The average Bonchev–Trinajstić information content (AvgIpc) is 3.23. The maximum Gasteiger partial charge on any atom is 0.315 e. The Morgan fingerprint density at radius 3 is 2.57 bits per heavy atom. The van der Waals surface area contributed by atoms with Gasteiger partial charge in [0, 0.05) is 24.8 Å². The standard InChI is InChI=1S/C24H33N3O3/c1-24(2,3)29-17-19-9-6-8-18(14-19)15-26-23(28)27-16-20-10-7-13-25-22(20)30-21-11-4-5-12-21/h6-10,13-14,21H,4-5,11-12,15-17H2,1-3H3,(H2,26,27,28). The molecule has 6 heteroatoms. The van der Waals surface area contributed by atoms with E-state index in [1.807, 2.05) is 51.1 Å². The van der Waals surface area contributed by atoms with Gasteiger partial charge in [-0.05, 0) is 63.6 Å². The van der Waals surface area contributed by atoms with E-state index in [2.05, 4.69) is 21.7 Å². The van der Waals surface area contributed by atoms with Crippen LogP contribution in [0.4, 0.5) is 4.79 Å². The van der Waals surface area contributed by atoms with Crippen LogP contribution < -0.4 is 15.4 Å². The van der Waals surface area contributed by atoms with Gasteiger partial charge in [0.15, 0.2) is 0 Å². The van der Waals surface area contributed by atoms with Crippen LogP contribution in [-0.4, -0.2) is 22.7 Å². The van der Waals surface area contributed by atoms with Crippen molar-refractivity contribution in [2.75, 3.05) is 0 Å². The topological polar surface area (TPSA) is 72.5 Å². The second kappa shape index (κ2) is 10.4. The zero-order valence-corrected chi connectivity index (χ0v) is 18.2. The van der Waals surface area contributed by atoms with Gasteiger partial charge in [0.1, 0.15) is 6.10 Å². The summed E-state index contributed by atoms with van der Waals surface area (Å²) in [5.74, 6) is 0.622. The van der Waals surface area contributed by atoms with E-state index in [4.69, 9.17) is 9.47 Å². The molecule has 0 saturated heterocycles. The molecule has 0 spiro atoms. The summed E-state index contributed by atoms with van der Waals surface area (Å²) >= 11 is 0. The summed E-state index contributed by atoms with van der Waals surface area (Å²) < 4.78 is 11.9. The van der Waals surface area contributed by atoms with Crippen LogP contribution >= 0.6 is 0 Å². The lowest BCUT2D eigenvalue weighted by Crippen LogP contribution is -2.34. The summed E-state index contributed by atoms with van der Waals surface area (Å²) in [5.41, 5.74) is 2.84. The van der Waals surface area contributed by atoms with Gasteiger partial charge >= 0.3 is 6.03 Å². The fourth-order valence-corrected chi connectivity index (χ4v) is 3.38.